The third-order valence-corrected chi connectivity index (χ3v) is 4.51. The Kier molecular flexibility index (Phi) is 4.79. The lowest BCUT2D eigenvalue weighted by atomic mass is 10.1. The van der Waals surface area contributed by atoms with Gasteiger partial charge in [-0.25, -0.2) is 0 Å². The second-order valence-electron chi connectivity index (χ2n) is 5.03. The molecule has 14 heteroatoms. The molecule has 0 aliphatic rings. The first-order chi connectivity index (χ1) is 12.1. The molecule has 0 aliphatic carbocycles. The molecule has 0 aliphatic heterocycles. The standard InChI is InChI=1S/C13H6F9NO3S/c14-10(15,12(18,19)20)11(16,17)13(21,22)27(24,25)26-8-5-1-3-7-4-2-6-23-9(7)8/h1-6H. The maximum atomic E-state index is 13.6. The lowest BCUT2D eigenvalue weighted by Crippen LogP contribution is -2.63. The lowest BCUT2D eigenvalue weighted by Gasteiger charge is -2.32. The predicted octanol–water partition coefficient (Wildman–Crippen LogP) is 4.37. The molecular formula is C13H6F9NO3S. The number of aromatic nitrogens is 1. The van der Waals surface area contributed by atoms with Crippen molar-refractivity contribution in [1.82, 2.24) is 4.98 Å². The van der Waals surface area contributed by atoms with Gasteiger partial charge in [0, 0.05) is 11.6 Å². The highest BCUT2D eigenvalue weighted by molar-refractivity contribution is 7.88. The summed E-state index contributed by atoms with van der Waals surface area (Å²) in [4.78, 5) is 3.55. The quantitative estimate of drug-likeness (QED) is 0.526. The average molecular weight is 427 g/mol. The van der Waals surface area contributed by atoms with E-state index in [0.29, 0.717) is 6.07 Å². The van der Waals surface area contributed by atoms with Crippen molar-refractivity contribution in [3.05, 3.63) is 36.5 Å². The number of rotatable bonds is 5. The topological polar surface area (TPSA) is 56.3 Å². The van der Waals surface area contributed by atoms with Crippen LogP contribution in [0.1, 0.15) is 0 Å². The van der Waals surface area contributed by atoms with Crippen LogP contribution in [0, 0.1) is 0 Å². The maximum absolute atomic E-state index is 13.6. The van der Waals surface area contributed by atoms with Gasteiger partial charge in [-0.05, 0) is 12.1 Å². The molecule has 0 saturated heterocycles. The summed E-state index contributed by atoms with van der Waals surface area (Å²) >= 11 is 0. The fraction of sp³-hybridized carbons (Fsp3) is 0.308. The molecule has 1 aromatic carbocycles. The molecule has 0 spiro atoms. The summed E-state index contributed by atoms with van der Waals surface area (Å²) in [6.07, 6.45) is -6.12. The Morgan fingerprint density at radius 1 is 0.815 bits per heavy atom. The van der Waals surface area contributed by atoms with Crippen molar-refractivity contribution in [3.8, 4) is 5.75 Å². The minimum Gasteiger partial charge on any atom is -0.376 e. The Hall–Kier alpha value is -2.25. The van der Waals surface area contributed by atoms with Crippen LogP contribution in [-0.2, 0) is 10.1 Å². The third kappa shape index (κ3) is 3.15. The molecule has 2 rings (SSSR count). The summed E-state index contributed by atoms with van der Waals surface area (Å²) in [5, 5.41) is -6.85. The minimum absolute atomic E-state index is 0.0842. The molecule has 0 saturated carbocycles. The molecule has 4 nitrogen and oxygen atoms in total. The molecular weight excluding hydrogens is 421 g/mol. The van der Waals surface area contributed by atoms with Crippen LogP contribution in [-0.4, -0.2) is 36.7 Å². The van der Waals surface area contributed by atoms with Gasteiger partial charge in [0.2, 0.25) is 0 Å². The van der Waals surface area contributed by atoms with E-state index in [-0.39, 0.29) is 5.39 Å². The van der Waals surface area contributed by atoms with Crippen molar-refractivity contribution in [2.45, 2.75) is 23.3 Å². The van der Waals surface area contributed by atoms with Crippen molar-refractivity contribution >= 4 is 21.0 Å². The van der Waals surface area contributed by atoms with E-state index in [2.05, 4.69) is 9.17 Å². The number of benzene rings is 1. The van der Waals surface area contributed by atoms with Gasteiger partial charge in [0.1, 0.15) is 5.52 Å². The minimum atomic E-state index is -7.37. The van der Waals surface area contributed by atoms with E-state index in [1.54, 1.807) is 0 Å². The molecule has 1 aromatic heterocycles. The number of halogens is 9. The average Bonchev–Trinajstić information content (AvgIpc) is 2.53. The number of nitrogens with zero attached hydrogens (tertiary/aromatic N) is 1. The molecule has 27 heavy (non-hydrogen) atoms. The number of hydrogen-bond acceptors (Lipinski definition) is 4. The van der Waals surface area contributed by atoms with Gasteiger partial charge in [-0.3, -0.25) is 4.98 Å². The van der Waals surface area contributed by atoms with E-state index >= 15 is 0 Å². The Labute approximate surface area is 144 Å². The molecule has 0 N–H and O–H groups in total. The number of alkyl halides is 9. The van der Waals surface area contributed by atoms with Crippen LogP contribution in [0.5, 0.6) is 5.75 Å². The van der Waals surface area contributed by atoms with Crippen molar-refractivity contribution < 1.29 is 52.1 Å². The molecule has 2 aromatic rings. The van der Waals surface area contributed by atoms with E-state index in [4.69, 9.17) is 0 Å². The summed E-state index contributed by atoms with van der Waals surface area (Å²) in [5.74, 6) is -15.8. The van der Waals surface area contributed by atoms with Crippen LogP contribution in [0.25, 0.3) is 10.9 Å². The van der Waals surface area contributed by atoms with Crippen LogP contribution in [0.3, 0.4) is 0 Å². The number of para-hydroxylation sites is 1. The van der Waals surface area contributed by atoms with Crippen LogP contribution in [0.2, 0.25) is 0 Å². The number of fused-ring (bicyclic) bond motifs is 1. The highest BCUT2D eigenvalue weighted by atomic mass is 32.2. The van der Waals surface area contributed by atoms with Crippen LogP contribution < -0.4 is 4.18 Å². The molecule has 0 atom stereocenters. The summed E-state index contributed by atoms with van der Waals surface area (Å²) < 4.78 is 143. The molecule has 0 amide bonds. The molecule has 1 heterocycles. The fourth-order valence-corrected chi connectivity index (χ4v) is 2.75. The van der Waals surface area contributed by atoms with Gasteiger partial charge in [0.05, 0.1) is 0 Å². The number of hydrogen-bond donors (Lipinski definition) is 0. The van der Waals surface area contributed by atoms with Gasteiger partial charge in [-0.15, -0.1) is 0 Å². The highest BCUT2D eigenvalue weighted by Gasteiger charge is 2.86. The van der Waals surface area contributed by atoms with Gasteiger partial charge < -0.3 is 4.18 Å². The lowest BCUT2D eigenvalue weighted by molar-refractivity contribution is -0.382. The van der Waals surface area contributed by atoms with Crippen molar-refractivity contribution in [2.75, 3.05) is 0 Å². The van der Waals surface area contributed by atoms with Crippen LogP contribution >= 0.6 is 0 Å². The molecule has 150 valence electrons. The van der Waals surface area contributed by atoms with Crippen LogP contribution in [0.15, 0.2) is 36.5 Å². The predicted molar refractivity (Wildman–Crippen MR) is 72.2 cm³/mol. The molecule has 0 radical (unpaired) electrons. The van der Waals surface area contributed by atoms with Gasteiger partial charge in [-0.2, -0.15) is 47.9 Å². The van der Waals surface area contributed by atoms with E-state index in [9.17, 15) is 47.9 Å². The van der Waals surface area contributed by atoms with E-state index in [1.807, 2.05) is 0 Å². The molecule has 0 bridgehead atoms. The van der Waals surface area contributed by atoms with Crippen LogP contribution in [0.4, 0.5) is 39.5 Å². The SMILES string of the molecule is O=S(=O)(Oc1cccc2cccnc12)C(F)(F)C(F)(F)C(F)(F)C(F)(F)F. The zero-order valence-corrected chi connectivity index (χ0v) is 13.3. The summed E-state index contributed by atoms with van der Waals surface area (Å²) in [7, 11) is -7.01. The first-order valence-electron chi connectivity index (χ1n) is 6.54. The normalized spacial score (nSPS) is 14.4. The Bertz CT molecular complexity index is 952. The molecule has 0 unspecified atom stereocenters. The van der Waals surface area contributed by atoms with Gasteiger partial charge in [-0.1, -0.05) is 18.2 Å². The summed E-state index contributed by atoms with van der Waals surface area (Å²) in [6.45, 7) is 0. The van der Waals surface area contributed by atoms with E-state index in [1.165, 1.54) is 18.2 Å². The monoisotopic (exact) mass is 427 g/mol. The fourth-order valence-electron chi connectivity index (χ4n) is 1.83. The van der Waals surface area contributed by atoms with E-state index < -0.39 is 44.7 Å². The maximum Gasteiger partial charge on any atom is 0.460 e. The largest absolute Gasteiger partial charge is 0.460 e. The first-order valence-corrected chi connectivity index (χ1v) is 7.95. The van der Waals surface area contributed by atoms with Crippen molar-refractivity contribution in [1.29, 1.82) is 0 Å². The van der Waals surface area contributed by atoms with Crippen molar-refractivity contribution in [2.24, 2.45) is 0 Å². The Morgan fingerprint density at radius 3 is 1.93 bits per heavy atom. The van der Waals surface area contributed by atoms with Gasteiger partial charge in [0.25, 0.3) is 0 Å². The smallest absolute Gasteiger partial charge is 0.376 e. The first kappa shape index (κ1) is 21.1. The third-order valence-electron chi connectivity index (χ3n) is 3.23. The zero-order valence-electron chi connectivity index (χ0n) is 12.4. The van der Waals surface area contributed by atoms with Crippen molar-refractivity contribution in [3.63, 3.8) is 0 Å². The Balaban J connectivity index is 2.54. The summed E-state index contributed by atoms with van der Waals surface area (Å²) in [6, 6.07) is 5.59. The summed E-state index contributed by atoms with van der Waals surface area (Å²) in [5.41, 5.74) is -0.440. The second-order valence-corrected chi connectivity index (χ2v) is 6.62. The molecule has 0 fully saturated rings. The number of pyridine rings is 1. The van der Waals surface area contributed by atoms with Gasteiger partial charge in [0.15, 0.2) is 5.75 Å². The Morgan fingerprint density at radius 2 is 1.37 bits per heavy atom. The zero-order chi connectivity index (χ0) is 20.9. The van der Waals surface area contributed by atoms with E-state index in [0.717, 1.165) is 12.3 Å². The highest BCUT2D eigenvalue weighted by Crippen LogP contribution is 2.55. The second kappa shape index (κ2) is 6.14. The van der Waals surface area contributed by atoms with Gasteiger partial charge >= 0.3 is 33.4 Å².